The van der Waals surface area contributed by atoms with Crippen LogP contribution in [-0.2, 0) is 4.79 Å². The second-order valence-corrected chi connectivity index (χ2v) is 1.93. The molecule has 1 unspecified atom stereocenters. The van der Waals surface area contributed by atoms with E-state index in [2.05, 4.69) is 6.58 Å². The van der Waals surface area contributed by atoms with Gasteiger partial charge in [-0.05, 0) is 13.0 Å². The molecule has 0 aliphatic rings. The summed E-state index contributed by atoms with van der Waals surface area (Å²) in [6, 6.07) is 0. The molecule has 1 atom stereocenters. The third kappa shape index (κ3) is 2.85. The van der Waals surface area contributed by atoms with Crippen LogP contribution < -0.4 is 0 Å². The molecule has 1 heteroatoms. The van der Waals surface area contributed by atoms with Crippen molar-refractivity contribution in [1.29, 1.82) is 0 Å². The largest absolute Gasteiger partial charge is 0.294 e. The van der Waals surface area contributed by atoms with Gasteiger partial charge in [-0.3, -0.25) is 4.79 Å². The lowest BCUT2D eigenvalue weighted by atomic mass is 10.1. The highest BCUT2D eigenvalue weighted by Gasteiger charge is 2.01. The van der Waals surface area contributed by atoms with Crippen molar-refractivity contribution in [2.75, 3.05) is 0 Å². The zero-order chi connectivity index (χ0) is 7.28. The monoisotopic (exact) mass is 124 g/mol. The first-order valence-corrected chi connectivity index (χ1v) is 3.01. The fourth-order valence-corrected chi connectivity index (χ4v) is 0.432. The van der Waals surface area contributed by atoms with Gasteiger partial charge in [-0.2, -0.15) is 0 Å². The topological polar surface area (TPSA) is 17.1 Å². The molecule has 0 heterocycles. The van der Waals surface area contributed by atoms with Crippen molar-refractivity contribution >= 4 is 5.78 Å². The molecule has 0 saturated carbocycles. The normalized spacial score (nSPS) is 13.6. The average Bonchev–Trinajstić information content (AvgIpc) is 1.87. The number of carbonyl (C=O) groups is 1. The molecule has 0 aliphatic heterocycles. The minimum Gasteiger partial charge on any atom is -0.294 e. The number of hydrogen-bond donors (Lipinski definition) is 0. The lowest BCUT2D eigenvalue weighted by molar-refractivity contribution is -0.116. The summed E-state index contributed by atoms with van der Waals surface area (Å²) in [7, 11) is 0. The Kier molecular flexibility index (Phi) is 3.69. The molecule has 0 radical (unpaired) electrons. The number of rotatable bonds is 3. The zero-order valence-corrected chi connectivity index (χ0v) is 5.92. The molecule has 0 saturated heterocycles. The summed E-state index contributed by atoms with van der Waals surface area (Å²) >= 11 is 0. The fourth-order valence-electron chi connectivity index (χ4n) is 0.432. The van der Waals surface area contributed by atoms with Crippen molar-refractivity contribution in [3.63, 3.8) is 0 Å². The summed E-state index contributed by atoms with van der Waals surface area (Å²) < 4.78 is 0. The van der Waals surface area contributed by atoms with E-state index >= 15 is 0 Å². The summed E-state index contributed by atoms with van der Waals surface area (Å²) in [6.07, 6.45) is 4.94. The van der Waals surface area contributed by atoms with Gasteiger partial charge in [-0.25, -0.2) is 0 Å². The van der Waals surface area contributed by atoms with Gasteiger partial charge >= 0.3 is 0 Å². The van der Waals surface area contributed by atoms with Crippen LogP contribution >= 0.6 is 0 Å². The van der Waals surface area contributed by atoms with Crippen molar-refractivity contribution in [3.8, 4) is 0 Å². The second kappa shape index (κ2) is 4.07. The minimum absolute atomic E-state index is 0.0406. The van der Waals surface area contributed by atoms with E-state index in [9.17, 15) is 4.79 Å². The predicted octanol–water partition coefficient (Wildman–Crippen LogP) is 1.95. The molecule has 0 amide bonds. The molecular weight excluding hydrogens is 112 g/mol. The Morgan fingerprint density at radius 1 is 1.67 bits per heavy atom. The van der Waals surface area contributed by atoms with Gasteiger partial charge in [0.1, 0.15) is 0 Å². The molecule has 0 aromatic rings. The van der Waals surface area contributed by atoms with Crippen molar-refractivity contribution < 1.29 is 4.79 Å². The molecule has 0 spiro atoms. The second-order valence-electron chi connectivity index (χ2n) is 1.93. The van der Waals surface area contributed by atoms with Crippen LogP contribution in [0.5, 0.6) is 0 Å². The third-order valence-electron chi connectivity index (χ3n) is 1.13. The van der Waals surface area contributed by atoms with Gasteiger partial charge in [-0.15, -0.1) is 6.58 Å². The summed E-state index contributed by atoms with van der Waals surface area (Å²) in [4.78, 5) is 10.8. The van der Waals surface area contributed by atoms with Gasteiger partial charge in [-0.1, -0.05) is 19.1 Å². The van der Waals surface area contributed by atoms with Crippen LogP contribution in [0.1, 0.15) is 13.8 Å². The molecule has 0 aliphatic carbocycles. The lowest BCUT2D eigenvalue weighted by Gasteiger charge is -1.96. The number of ketones is 1. The maximum atomic E-state index is 10.8. The summed E-state index contributed by atoms with van der Waals surface area (Å²) in [5, 5.41) is 0. The third-order valence-corrected chi connectivity index (χ3v) is 1.13. The molecule has 0 N–H and O–H groups in total. The van der Waals surface area contributed by atoms with Crippen molar-refractivity contribution in [3.05, 3.63) is 24.8 Å². The van der Waals surface area contributed by atoms with E-state index in [1.54, 1.807) is 18.2 Å². The van der Waals surface area contributed by atoms with Gasteiger partial charge in [0.15, 0.2) is 5.78 Å². The van der Waals surface area contributed by atoms with Gasteiger partial charge < -0.3 is 0 Å². The van der Waals surface area contributed by atoms with Crippen molar-refractivity contribution in [2.24, 2.45) is 5.92 Å². The molecule has 0 aromatic carbocycles. The SMILES string of the molecule is C=CC(C)C(=O)/C=C/C. The predicted molar refractivity (Wildman–Crippen MR) is 39.2 cm³/mol. The van der Waals surface area contributed by atoms with Gasteiger partial charge in [0.05, 0.1) is 0 Å². The molecule has 9 heavy (non-hydrogen) atoms. The first-order valence-electron chi connectivity index (χ1n) is 3.01. The summed E-state index contributed by atoms with van der Waals surface area (Å²) in [5.41, 5.74) is 0. The highest BCUT2D eigenvalue weighted by Crippen LogP contribution is 1.97. The molecule has 0 aromatic heterocycles. The van der Waals surface area contributed by atoms with Crippen LogP contribution in [0.2, 0.25) is 0 Å². The average molecular weight is 124 g/mol. The standard InChI is InChI=1S/C8H12O/c1-4-6-8(9)7(3)5-2/h4-7H,2H2,1,3H3/b6-4+. The fraction of sp³-hybridized carbons (Fsp3) is 0.375. The van der Waals surface area contributed by atoms with Crippen LogP contribution in [0, 0.1) is 5.92 Å². The van der Waals surface area contributed by atoms with Crippen LogP contribution in [0.4, 0.5) is 0 Å². The van der Waals surface area contributed by atoms with Gasteiger partial charge in [0, 0.05) is 5.92 Å². The maximum Gasteiger partial charge on any atom is 0.161 e. The summed E-state index contributed by atoms with van der Waals surface area (Å²) in [5.74, 6) is 0.0775. The van der Waals surface area contributed by atoms with Crippen LogP contribution in [0.25, 0.3) is 0 Å². The lowest BCUT2D eigenvalue weighted by Crippen LogP contribution is -2.02. The van der Waals surface area contributed by atoms with E-state index in [-0.39, 0.29) is 11.7 Å². The molecule has 1 nitrogen and oxygen atoms in total. The molecule has 0 rings (SSSR count). The van der Waals surface area contributed by atoms with Crippen LogP contribution in [-0.4, -0.2) is 5.78 Å². The Labute approximate surface area is 56.1 Å². The smallest absolute Gasteiger partial charge is 0.161 e. The zero-order valence-electron chi connectivity index (χ0n) is 5.92. The maximum absolute atomic E-state index is 10.8. The van der Waals surface area contributed by atoms with Crippen LogP contribution in [0.3, 0.4) is 0 Å². The Bertz CT molecular complexity index is 134. The van der Waals surface area contributed by atoms with Crippen molar-refractivity contribution in [1.82, 2.24) is 0 Å². The minimum atomic E-state index is -0.0406. The van der Waals surface area contributed by atoms with E-state index in [1.165, 1.54) is 0 Å². The number of hydrogen-bond acceptors (Lipinski definition) is 1. The van der Waals surface area contributed by atoms with E-state index in [0.717, 1.165) is 0 Å². The molecule has 0 fully saturated rings. The molecule has 50 valence electrons. The van der Waals surface area contributed by atoms with E-state index < -0.39 is 0 Å². The quantitative estimate of drug-likeness (QED) is 0.415. The number of allylic oxidation sites excluding steroid dienone is 3. The van der Waals surface area contributed by atoms with Gasteiger partial charge in [0.2, 0.25) is 0 Å². The van der Waals surface area contributed by atoms with Crippen molar-refractivity contribution in [2.45, 2.75) is 13.8 Å². The first kappa shape index (κ1) is 8.15. The Hall–Kier alpha value is -0.850. The summed E-state index contributed by atoms with van der Waals surface area (Å²) in [6.45, 7) is 7.16. The highest BCUT2D eigenvalue weighted by molar-refractivity contribution is 5.92. The van der Waals surface area contributed by atoms with Crippen LogP contribution in [0.15, 0.2) is 24.8 Å². The van der Waals surface area contributed by atoms with Gasteiger partial charge in [0.25, 0.3) is 0 Å². The Morgan fingerprint density at radius 3 is 2.56 bits per heavy atom. The van der Waals surface area contributed by atoms with E-state index in [0.29, 0.717) is 0 Å². The first-order chi connectivity index (χ1) is 4.22. The van der Waals surface area contributed by atoms with E-state index in [1.807, 2.05) is 13.8 Å². The highest BCUT2D eigenvalue weighted by atomic mass is 16.1. The molecule has 0 bridgehead atoms. The number of carbonyl (C=O) groups excluding carboxylic acids is 1. The Balaban J connectivity index is 3.87. The van der Waals surface area contributed by atoms with E-state index in [4.69, 9.17) is 0 Å². The molecular formula is C8H12O. The Morgan fingerprint density at radius 2 is 2.22 bits per heavy atom.